The molecule has 1 aliphatic carbocycles. The van der Waals surface area contributed by atoms with E-state index in [0.717, 1.165) is 41.8 Å². The molecule has 1 amide bonds. The second kappa shape index (κ2) is 6.67. The zero-order chi connectivity index (χ0) is 21.4. The number of fused-ring (bicyclic) bond motifs is 10. The molecule has 1 saturated heterocycles. The van der Waals surface area contributed by atoms with Crippen LogP contribution in [0.2, 0.25) is 0 Å². The molecule has 0 radical (unpaired) electrons. The number of hydrogen-bond acceptors (Lipinski definition) is 3. The van der Waals surface area contributed by atoms with Crippen LogP contribution in [0, 0.1) is 0 Å². The summed E-state index contributed by atoms with van der Waals surface area (Å²) in [6, 6.07) is 15.2. The van der Waals surface area contributed by atoms with Crippen molar-refractivity contribution in [1.29, 1.82) is 0 Å². The fraction of sp³-hybridized carbons (Fsp3) is 0.296. The number of nitrogens with zero attached hydrogens (tertiary/aromatic N) is 1. The van der Waals surface area contributed by atoms with Crippen molar-refractivity contribution in [1.82, 2.24) is 9.88 Å². The van der Waals surface area contributed by atoms with Crippen molar-refractivity contribution in [2.45, 2.75) is 39.1 Å². The highest BCUT2D eigenvalue weighted by Gasteiger charge is 2.36. The molecule has 3 aromatic carbocycles. The first-order valence-corrected chi connectivity index (χ1v) is 11.4. The summed E-state index contributed by atoms with van der Waals surface area (Å²) in [5.74, 6) is 0.0479. The fourth-order valence-electron chi connectivity index (χ4n) is 5.71. The van der Waals surface area contributed by atoms with Gasteiger partial charge in [0.15, 0.2) is 0 Å². The minimum Gasteiger partial charge on any atom is -0.377 e. The highest BCUT2D eigenvalue weighted by molar-refractivity contribution is 6.20. The molecule has 0 spiro atoms. The van der Waals surface area contributed by atoms with Gasteiger partial charge in [0, 0.05) is 41.4 Å². The van der Waals surface area contributed by atoms with E-state index in [1.54, 1.807) is 0 Å². The molecule has 4 aromatic rings. The van der Waals surface area contributed by atoms with Crippen LogP contribution in [0.5, 0.6) is 0 Å². The Morgan fingerprint density at radius 2 is 2.03 bits per heavy atom. The normalized spacial score (nSPS) is 18.2. The van der Waals surface area contributed by atoms with Gasteiger partial charge in [-0.3, -0.25) is 4.79 Å². The minimum atomic E-state index is 0.0479. The Morgan fingerprint density at radius 3 is 2.88 bits per heavy atom. The molecule has 0 bridgehead atoms. The number of amides is 1. The first kappa shape index (κ1) is 18.4. The van der Waals surface area contributed by atoms with Crippen molar-refractivity contribution < 1.29 is 14.3 Å². The third-order valence-electron chi connectivity index (χ3n) is 7.14. The molecule has 2 aliphatic heterocycles. The second-order valence-corrected chi connectivity index (χ2v) is 9.00. The van der Waals surface area contributed by atoms with E-state index < -0.39 is 0 Å². The smallest absolute Gasteiger partial charge is 0.252 e. The molecule has 1 N–H and O–H groups in total. The fourth-order valence-corrected chi connectivity index (χ4v) is 5.71. The quantitative estimate of drug-likeness (QED) is 0.421. The molecule has 1 fully saturated rings. The first-order valence-electron chi connectivity index (χ1n) is 11.4. The molecule has 3 aliphatic rings. The molecule has 3 heterocycles. The number of carbonyl (C=O) groups is 1. The van der Waals surface area contributed by atoms with Gasteiger partial charge in [-0.05, 0) is 46.9 Å². The van der Waals surface area contributed by atoms with E-state index >= 15 is 0 Å². The molecule has 160 valence electrons. The van der Waals surface area contributed by atoms with Gasteiger partial charge >= 0.3 is 0 Å². The lowest BCUT2D eigenvalue weighted by Crippen LogP contribution is -2.13. The van der Waals surface area contributed by atoms with Gasteiger partial charge in [0.25, 0.3) is 5.91 Å². The van der Waals surface area contributed by atoms with E-state index in [-0.39, 0.29) is 12.0 Å². The number of epoxide rings is 1. The molecule has 1 aromatic heterocycles. The van der Waals surface area contributed by atoms with E-state index in [2.05, 4.69) is 52.3 Å². The van der Waals surface area contributed by atoms with Crippen LogP contribution in [-0.2, 0) is 35.6 Å². The predicted molar refractivity (Wildman–Crippen MR) is 124 cm³/mol. The van der Waals surface area contributed by atoms with E-state index in [0.29, 0.717) is 19.8 Å². The van der Waals surface area contributed by atoms with Crippen LogP contribution >= 0.6 is 0 Å². The van der Waals surface area contributed by atoms with E-state index in [1.165, 1.54) is 38.5 Å². The highest BCUT2D eigenvalue weighted by atomic mass is 16.6. The summed E-state index contributed by atoms with van der Waals surface area (Å²) in [6.07, 6.45) is 1.13. The van der Waals surface area contributed by atoms with E-state index in [1.807, 2.05) is 6.92 Å². The Morgan fingerprint density at radius 1 is 1.16 bits per heavy atom. The molecule has 5 nitrogen and oxygen atoms in total. The van der Waals surface area contributed by atoms with Gasteiger partial charge in [0.2, 0.25) is 0 Å². The average Bonchev–Trinajstić information content (AvgIpc) is 3.31. The third kappa shape index (κ3) is 2.49. The van der Waals surface area contributed by atoms with E-state index in [9.17, 15) is 4.79 Å². The van der Waals surface area contributed by atoms with Gasteiger partial charge in [-0.2, -0.15) is 0 Å². The summed E-state index contributed by atoms with van der Waals surface area (Å²) < 4.78 is 13.8. The van der Waals surface area contributed by atoms with Crippen LogP contribution in [0.4, 0.5) is 0 Å². The summed E-state index contributed by atoms with van der Waals surface area (Å²) in [5.41, 5.74) is 10.6. The standard InChI is InChI=1S/C27H24N2O3/c1-2-31-13-15-7-8-22-19(9-15)24-21-11-28-27(30)25(21)23-18-6-4-3-5-16(18)10-20(23)26(24)29(22)12-17-14-32-17/h3-9,17H,2,10-14H2,1H3,(H,28,30). The SMILES string of the molecule is CCOCc1ccc2c(c1)c1c3c(c4c(c1n2CC1CO1)Cc1ccccc1-4)C(=O)NC3. The van der Waals surface area contributed by atoms with Crippen LogP contribution in [0.1, 0.15) is 39.5 Å². The predicted octanol–water partition coefficient (Wildman–Crippen LogP) is 4.54. The number of carbonyl (C=O) groups excluding carboxylic acids is 1. The molecular weight excluding hydrogens is 400 g/mol. The zero-order valence-corrected chi connectivity index (χ0v) is 18.0. The average molecular weight is 425 g/mol. The van der Waals surface area contributed by atoms with Crippen LogP contribution in [-0.4, -0.2) is 29.8 Å². The Labute approximate surface area is 185 Å². The van der Waals surface area contributed by atoms with Crippen molar-refractivity contribution in [2.75, 3.05) is 13.2 Å². The summed E-state index contributed by atoms with van der Waals surface area (Å²) >= 11 is 0. The van der Waals surface area contributed by atoms with Gasteiger partial charge < -0.3 is 19.4 Å². The van der Waals surface area contributed by atoms with Crippen molar-refractivity contribution >= 4 is 27.7 Å². The Bertz CT molecular complexity index is 1450. The monoisotopic (exact) mass is 424 g/mol. The lowest BCUT2D eigenvalue weighted by molar-refractivity contribution is 0.0966. The molecule has 0 saturated carbocycles. The van der Waals surface area contributed by atoms with Gasteiger partial charge in [-0.25, -0.2) is 0 Å². The number of benzene rings is 3. The minimum absolute atomic E-state index is 0.0479. The van der Waals surface area contributed by atoms with Crippen LogP contribution in [0.15, 0.2) is 42.5 Å². The molecular formula is C27H24N2O3. The number of hydrogen-bond donors (Lipinski definition) is 1. The van der Waals surface area contributed by atoms with Crippen LogP contribution in [0.3, 0.4) is 0 Å². The van der Waals surface area contributed by atoms with Crippen molar-refractivity contribution in [3.8, 4) is 11.1 Å². The lowest BCUT2D eigenvalue weighted by Gasteiger charge is -2.13. The molecule has 1 atom stereocenters. The summed E-state index contributed by atoms with van der Waals surface area (Å²) in [5, 5.41) is 5.55. The largest absolute Gasteiger partial charge is 0.377 e. The maximum Gasteiger partial charge on any atom is 0.252 e. The lowest BCUT2D eigenvalue weighted by atomic mass is 9.92. The number of nitrogens with one attached hydrogen (secondary N) is 1. The summed E-state index contributed by atoms with van der Waals surface area (Å²) in [4.78, 5) is 13.1. The van der Waals surface area contributed by atoms with Gasteiger partial charge in [0.1, 0.15) is 0 Å². The first-order chi connectivity index (χ1) is 15.7. The van der Waals surface area contributed by atoms with Crippen molar-refractivity contribution in [3.05, 3.63) is 70.3 Å². The Kier molecular flexibility index (Phi) is 3.84. The number of rotatable bonds is 5. The maximum atomic E-state index is 13.1. The van der Waals surface area contributed by atoms with Gasteiger partial charge in [0.05, 0.1) is 36.9 Å². The molecule has 7 rings (SSSR count). The van der Waals surface area contributed by atoms with Crippen molar-refractivity contribution in [3.63, 3.8) is 0 Å². The van der Waals surface area contributed by atoms with Crippen LogP contribution < -0.4 is 5.32 Å². The van der Waals surface area contributed by atoms with Crippen molar-refractivity contribution in [2.24, 2.45) is 0 Å². The summed E-state index contributed by atoms with van der Waals surface area (Å²) in [7, 11) is 0. The van der Waals surface area contributed by atoms with Gasteiger partial charge in [-0.15, -0.1) is 0 Å². The number of ether oxygens (including phenoxy) is 2. The molecule has 1 unspecified atom stereocenters. The highest BCUT2D eigenvalue weighted by Crippen LogP contribution is 2.49. The summed E-state index contributed by atoms with van der Waals surface area (Å²) in [6.45, 7) is 5.55. The van der Waals surface area contributed by atoms with Gasteiger partial charge in [-0.1, -0.05) is 30.3 Å². The molecule has 5 heteroatoms. The van der Waals surface area contributed by atoms with E-state index in [4.69, 9.17) is 9.47 Å². The maximum absolute atomic E-state index is 13.1. The Balaban J connectivity index is 1.61. The van der Waals surface area contributed by atoms with Crippen LogP contribution in [0.25, 0.3) is 32.9 Å². The topological polar surface area (TPSA) is 55.8 Å². The zero-order valence-electron chi connectivity index (χ0n) is 18.0. The Hall–Kier alpha value is -3.15. The molecule has 32 heavy (non-hydrogen) atoms. The number of aromatic nitrogens is 1. The second-order valence-electron chi connectivity index (χ2n) is 9.00. The third-order valence-corrected chi connectivity index (χ3v) is 7.14.